The van der Waals surface area contributed by atoms with Crippen LogP contribution in [-0.2, 0) is 4.79 Å². The van der Waals surface area contributed by atoms with Crippen molar-refractivity contribution in [2.24, 2.45) is 5.92 Å². The van der Waals surface area contributed by atoms with Crippen molar-refractivity contribution in [2.45, 2.75) is 37.6 Å². The molecule has 1 amide bonds. The minimum atomic E-state index is -0.551. The summed E-state index contributed by atoms with van der Waals surface area (Å²) in [7, 11) is 0. The van der Waals surface area contributed by atoms with Crippen LogP contribution < -0.4 is 0 Å². The second-order valence-electron chi connectivity index (χ2n) is 6.50. The Labute approximate surface area is 143 Å². The molecule has 2 aliphatic rings. The smallest absolute Gasteiger partial charge is 0.226 e. The van der Waals surface area contributed by atoms with Crippen molar-refractivity contribution in [3.05, 3.63) is 52.0 Å². The maximum absolute atomic E-state index is 13.9. The summed E-state index contributed by atoms with van der Waals surface area (Å²) < 4.78 is 27.9. The number of thiazole rings is 1. The summed E-state index contributed by atoms with van der Waals surface area (Å²) in [6.07, 6.45) is 5.23. The van der Waals surface area contributed by atoms with Crippen molar-refractivity contribution < 1.29 is 13.6 Å². The fraction of sp³-hybridized carbons (Fsp3) is 0.444. The number of carbonyl (C=O) groups is 1. The first-order valence-corrected chi connectivity index (χ1v) is 9.18. The highest BCUT2D eigenvalue weighted by molar-refractivity contribution is 7.09. The van der Waals surface area contributed by atoms with Gasteiger partial charge in [-0.1, -0.05) is 6.07 Å². The molecule has 1 aliphatic carbocycles. The Morgan fingerprint density at radius 2 is 2.04 bits per heavy atom. The van der Waals surface area contributed by atoms with Crippen molar-refractivity contribution in [1.82, 2.24) is 9.88 Å². The van der Waals surface area contributed by atoms with Gasteiger partial charge in [-0.15, -0.1) is 11.3 Å². The van der Waals surface area contributed by atoms with E-state index in [1.54, 1.807) is 17.5 Å². The van der Waals surface area contributed by atoms with Crippen LogP contribution in [0.2, 0.25) is 0 Å². The van der Waals surface area contributed by atoms with E-state index in [4.69, 9.17) is 0 Å². The molecular formula is C18H18F2N2OS. The Kier molecular flexibility index (Phi) is 4.08. The van der Waals surface area contributed by atoms with E-state index in [9.17, 15) is 13.6 Å². The van der Waals surface area contributed by atoms with Gasteiger partial charge in [0.25, 0.3) is 0 Å². The molecule has 0 spiro atoms. The number of amides is 1. The van der Waals surface area contributed by atoms with E-state index in [1.165, 1.54) is 18.2 Å². The van der Waals surface area contributed by atoms with Crippen LogP contribution in [-0.4, -0.2) is 22.3 Å². The first-order chi connectivity index (χ1) is 11.7. The minimum absolute atomic E-state index is 0.0120. The summed E-state index contributed by atoms with van der Waals surface area (Å²) in [5.41, 5.74) is 0.0682. The zero-order chi connectivity index (χ0) is 16.7. The monoisotopic (exact) mass is 348 g/mol. The first-order valence-electron chi connectivity index (χ1n) is 8.30. The number of hydrogen-bond donors (Lipinski definition) is 0. The Hall–Kier alpha value is -1.82. The molecule has 2 heterocycles. The van der Waals surface area contributed by atoms with E-state index in [2.05, 4.69) is 4.98 Å². The fourth-order valence-corrected chi connectivity index (χ4v) is 4.50. The third kappa shape index (κ3) is 2.73. The zero-order valence-corrected chi connectivity index (χ0v) is 13.9. The predicted octanol–water partition coefficient (Wildman–Crippen LogP) is 4.28. The van der Waals surface area contributed by atoms with Crippen LogP contribution in [0.25, 0.3) is 0 Å². The van der Waals surface area contributed by atoms with Crippen molar-refractivity contribution >= 4 is 17.2 Å². The molecule has 0 bridgehead atoms. The van der Waals surface area contributed by atoms with E-state index in [0.717, 1.165) is 24.3 Å². The molecule has 1 aromatic heterocycles. The number of hydrogen-bond acceptors (Lipinski definition) is 3. The van der Waals surface area contributed by atoms with Crippen molar-refractivity contribution in [2.75, 3.05) is 6.54 Å². The standard InChI is InChI=1S/C18H18F2N2OS/c19-13-4-3-5-14(20)16(13)11-10-12(11)18(23)22-8-2-1-6-15(22)17-21-7-9-24-17/h3-5,7,9,11-12,15H,1-2,6,8,10H2/t11-,12+,15+/m0/s1. The quantitative estimate of drug-likeness (QED) is 0.829. The van der Waals surface area contributed by atoms with Crippen LogP contribution in [0.15, 0.2) is 29.8 Å². The lowest BCUT2D eigenvalue weighted by molar-refractivity contribution is -0.136. The van der Waals surface area contributed by atoms with Gasteiger partial charge in [0.1, 0.15) is 16.6 Å². The molecule has 2 aromatic rings. The molecule has 24 heavy (non-hydrogen) atoms. The van der Waals surface area contributed by atoms with Gasteiger partial charge in [-0.25, -0.2) is 13.8 Å². The third-order valence-electron chi connectivity index (χ3n) is 5.00. The number of aromatic nitrogens is 1. The number of halogens is 2. The first kappa shape index (κ1) is 15.7. The van der Waals surface area contributed by atoms with Crippen LogP contribution in [0.3, 0.4) is 0 Å². The molecular weight excluding hydrogens is 330 g/mol. The molecule has 1 aromatic carbocycles. The van der Waals surface area contributed by atoms with Gasteiger partial charge in [-0.2, -0.15) is 0 Å². The van der Waals surface area contributed by atoms with E-state index in [1.807, 2.05) is 10.3 Å². The summed E-state index contributed by atoms with van der Waals surface area (Å²) in [5, 5.41) is 2.87. The molecule has 3 nitrogen and oxygen atoms in total. The maximum atomic E-state index is 13.9. The lowest BCUT2D eigenvalue weighted by Crippen LogP contribution is -2.39. The lowest BCUT2D eigenvalue weighted by Gasteiger charge is -2.34. The number of carbonyl (C=O) groups excluding carboxylic acids is 1. The van der Waals surface area contributed by atoms with Crippen LogP contribution in [0.1, 0.15) is 48.2 Å². The van der Waals surface area contributed by atoms with Gasteiger partial charge in [0.2, 0.25) is 5.91 Å². The average molecular weight is 348 g/mol. The lowest BCUT2D eigenvalue weighted by atomic mass is 10.0. The Morgan fingerprint density at radius 1 is 1.25 bits per heavy atom. The topological polar surface area (TPSA) is 33.2 Å². The summed E-state index contributed by atoms with van der Waals surface area (Å²) in [6.45, 7) is 0.700. The van der Waals surface area contributed by atoms with E-state index in [0.29, 0.717) is 13.0 Å². The number of nitrogens with zero attached hydrogens (tertiary/aromatic N) is 2. The molecule has 3 atom stereocenters. The summed E-state index contributed by atoms with van der Waals surface area (Å²) in [4.78, 5) is 19.2. The zero-order valence-electron chi connectivity index (χ0n) is 13.1. The molecule has 0 radical (unpaired) electrons. The number of benzene rings is 1. The van der Waals surface area contributed by atoms with Gasteiger partial charge < -0.3 is 4.90 Å². The third-order valence-corrected chi connectivity index (χ3v) is 5.88. The van der Waals surface area contributed by atoms with Crippen LogP contribution in [0, 0.1) is 17.6 Å². The van der Waals surface area contributed by atoms with Crippen LogP contribution in [0.5, 0.6) is 0 Å². The largest absolute Gasteiger partial charge is 0.333 e. The molecule has 1 saturated carbocycles. The number of likely N-dealkylation sites (tertiary alicyclic amines) is 1. The maximum Gasteiger partial charge on any atom is 0.226 e. The highest BCUT2D eigenvalue weighted by Gasteiger charge is 2.49. The molecule has 6 heteroatoms. The molecule has 0 N–H and O–H groups in total. The summed E-state index contributed by atoms with van der Waals surface area (Å²) in [5.74, 6) is -1.73. The summed E-state index contributed by atoms with van der Waals surface area (Å²) in [6, 6.07) is 3.89. The van der Waals surface area contributed by atoms with Gasteiger partial charge in [-0.3, -0.25) is 4.79 Å². The van der Waals surface area contributed by atoms with E-state index >= 15 is 0 Å². The highest BCUT2D eigenvalue weighted by atomic mass is 32.1. The van der Waals surface area contributed by atoms with Gasteiger partial charge in [0, 0.05) is 35.5 Å². The van der Waals surface area contributed by atoms with Gasteiger partial charge >= 0.3 is 0 Å². The number of piperidine rings is 1. The van der Waals surface area contributed by atoms with Crippen LogP contribution in [0.4, 0.5) is 8.78 Å². The van der Waals surface area contributed by atoms with E-state index < -0.39 is 11.6 Å². The second-order valence-corrected chi connectivity index (χ2v) is 7.42. The van der Waals surface area contributed by atoms with Gasteiger partial charge in [-0.05, 0) is 37.8 Å². The molecule has 4 rings (SSSR count). The molecule has 126 valence electrons. The number of rotatable bonds is 3. The summed E-state index contributed by atoms with van der Waals surface area (Å²) >= 11 is 1.56. The normalized spacial score (nSPS) is 26.4. The SMILES string of the molecule is O=C([C@@H]1C[C@@H]1c1c(F)cccc1F)N1CCCC[C@@H]1c1nccs1. The van der Waals surface area contributed by atoms with Crippen molar-refractivity contribution in [1.29, 1.82) is 0 Å². The molecule has 2 fully saturated rings. The highest BCUT2D eigenvalue weighted by Crippen LogP contribution is 2.51. The second kappa shape index (κ2) is 6.24. The fourth-order valence-electron chi connectivity index (χ4n) is 3.72. The molecule has 1 saturated heterocycles. The van der Waals surface area contributed by atoms with Gasteiger partial charge in [0.05, 0.1) is 6.04 Å². The predicted molar refractivity (Wildman–Crippen MR) is 87.6 cm³/mol. The minimum Gasteiger partial charge on any atom is -0.333 e. The Bertz CT molecular complexity index is 729. The van der Waals surface area contributed by atoms with E-state index in [-0.39, 0.29) is 29.3 Å². The molecule has 0 unspecified atom stereocenters. The Balaban J connectivity index is 1.54. The Morgan fingerprint density at radius 3 is 2.75 bits per heavy atom. The molecule has 1 aliphatic heterocycles. The van der Waals surface area contributed by atoms with Crippen LogP contribution >= 0.6 is 11.3 Å². The van der Waals surface area contributed by atoms with Gasteiger partial charge in [0.15, 0.2) is 0 Å². The van der Waals surface area contributed by atoms with Crippen molar-refractivity contribution in [3.63, 3.8) is 0 Å². The average Bonchev–Trinajstić information content (AvgIpc) is 3.16. The van der Waals surface area contributed by atoms with Crippen molar-refractivity contribution in [3.8, 4) is 0 Å².